The van der Waals surface area contributed by atoms with Crippen molar-refractivity contribution in [2.75, 3.05) is 4.90 Å². The minimum atomic E-state index is 0.897. The lowest BCUT2D eigenvalue weighted by Gasteiger charge is -2.17. The Balaban J connectivity index is 1.37. The molecule has 1 aliphatic rings. The van der Waals surface area contributed by atoms with E-state index in [-0.39, 0.29) is 0 Å². The third-order valence-corrected chi connectivity index (χ3v) is 5.43. The normalized spacial score (nSPS) is 13.4. The van der Waals surface area contributed by atoms with E-state index in [0.717, 1.165) is 40.9 Å². The summed E-state index contributed by atoms with van der Waals surface area (Å²) in [5.41, 5.74) is 7.87. The monoisotopic (exact) mass is 363 g/mol. The number of nitrogens with zero attached hydrogens (tertiary/aromatic N) is 5. The van der Waals surface area contributed by atoms with Crippen molar-refractivity contribution in [1.82, 2.24) is 19.4 Å². The number of pyridine rings is 3. The fourth-order valence-electron chi connectivity index (χ4n) is 3.94. The molecule has 0 saturated heterocycles. The van der Waals surface area contributed by atoms with Crippen LogP contribution in [0.3, 0.4) is 0 Å². The highest BCUT2D eigenvalue weighted by Crippen LogP contribution is 2.29. The molecule has 0 spiro atoms. The molecule has 0 saturated carbocycles. The van der Waals surface area contributed by atoms with E-state index in [1.165, 1.54) is 16.8 Å². The van der Waals surface area contributed by atoms with E-state index in [1.54, 1.807) is 0 Å². The number of hydrogen-bond donors (Lipinski definition) is 0. The highest BCUT2D eigenvalue weighted by Gasteiger charge is 2.19. The molecule has 6 rings (SSSR count). The first-order valence-corrected chi connectivity index (χ1v) is 9.34. The van der Waals surface area contributed by atoms with Crippen LogP contribution in [0.25, 0.3) is 27.8 Å². The number of imidazole rings is 1. The number of benzene rings is 1. The van der Waals surface area contributed by atoms with Crippen molar-refractivity contribution in [3.8, 4) is 11.3 Å². The van der Waals surface area contributed by atoms with Gasteiger partial charge in [-0.2, -0.15) is 0 Å². The van der Waals surface area contributed by atoms with Crippen molar-refractivity contribution in [3.63, 3.8) is 0 Å². The van der Waals surface area contributed by atoms with Crippen LogP contribution in [-0.2, 0) is 13.1 Å². The van der Waals surface area contributed by atoms with Gasteiger partial charge in [0.25, 0.3) is 0 Å². The zero-order chi connectivity index (χ0) is 18.5. The first-order valence-electron chi connectivity index (χ1n) is 9.34. The summed E-state index contributed by atoms with van der Waals surface area (Å²) in [5.74, 6) is 0. The van der Waals surface area contributed by atoms with Crippen LogP contribution in [0.4, 0.5) is 5.69 Å². The smallest absolute Gasteiger partial charge is 0.137 e. The van der Waals surface area contributed by atoms with E-state index in [4.69, 9.17) is 4.98 Å². The molecule has 5 nitrogen and oxygen atoms in total. The van der Waals surface area contributed by atoms with Gasteiger partial charge in [-0.05, 0) is 47.5 Å². The molecule has 4 aromatic heterocycles. The SMILES string of the molecule is c1cnc2ccc(-c3cn4cc(N5Cc6ccncc6C5)ccc4n3)cc2c1. The molecule has 0 atom stereocenters. The van der Waals surface area contributed by atoms with Crippen LogP contribution in [0.5, 0.6) is 0 Å². The van der Waals surface area contributed by atoms with Gasteiger partial charge >= 0.3 is 0 Å². The summed E-state index contributed by atoms with van der Waals surface area (Å²) in [6, 6.07) is 16.7. The number of anilines is 1. The molecule has 0 fully saturated rings. The molecule has 0 aliphatic carbocycles. The summed E-state index contributed by atoms with van der Waals surface area (Å²) in [5, 5.41) is 1.13. The minimum absolute atomic E-state index is 0.897. The van der Waals surface area contributed by atoms with Crippen molar-refractivity contribution < 1.29 is 0 Å². The number of rotatable bonds is 2. The van der Waals surface area contributed by atoms with Crippen molar-refractivity contribution in [2.24, 2.45) is 0 Å². The summed E-state index contributed by atoms with van der Waals surface area (Å²) in [6.45, 7) is 1.82. The lowest BCUT2D eigenvalue weighted by Crippen LogP contribution is -2.14. The lowest BCUT2D eigenvalue weighted by atomic mass is 10.1. The first-order chi connectivity index (χ1) is 13.8. The van der Waals surface area contributed by atoms with Gasteiger partial charge in [0.05, 0.1) is 16.9 Å². The molecular weight excluding hydrogens is 346 g/mol. The van der Waals surface area contributed by atoms with Crippen LogP contribution in [0.15, 0.2) is 79.5 Å². The first kappa shape index (κ1) is 15.3. The van der Waals surface area contributed by atoms with Gasteiger partial charge in [0.1, 0.15) is 5.65 Å². The van der Waals surface area contributed by atoms with Gasteiger partial charge in [-0.1, -0.05) is 12.1 Å². The Morgan fingerprint density at radius 2 is 1.82 bits per heavy atom. The maximum absolute atomic E-state index is 4.81. The molecule has 0 bridgehead atoms. The van der Waals surface area contributed by atoms with E-state index >= 15 is 0 Å². The van der Waals surface area contributed by atoms with Crippen molar-refractivity contribution in [1.29, 1.82) is 0 Å². The Kier molecular flexibility index (Phi) is 3.23. The van der Waals surface area contributed by atoms with Crippen molar-refractivity contribution in [3.05, 3.63) is 90.6 Å². The van der Waals surface area contributed by atoms with Crippen LogP contribution < -0.4 is 4.90 Å². The summed E-state index contributed by atoms with van der Waals surface area (Å²) < 4.78 is 2.11. The average Bonchev–Trinajstić information content (AvgIpc) is 3.37. The average molecular weight is 363 g/mol. The molecule has 5 aromatic rings. The fourth-order valence-corrected chi connectivity index (χ4v) is 3.94. The Labute approximate surface area is 161 Å². The maximum atomic E-state index is 4.81. The van der Waals surface area contributed by atoms with Crippen LogP contribution in [0.1, 0.15) is 11.1 Å². The van der Waals surface area contributed by atoms with Gasteiger partial charge in [-0.25, -0.2) is 4.98 Å². The van der Waals surface area contributed by atoms with E-state index in [2.05, 4.69) is 74.1 Å². The predicted molar refractivity (Wildman–Crippen MR) is 110 cm³/mol. The Hall–Kier alpha value is -3.73. The molecule has 28 heavy (non-hydrogen) atoms. The summed E-state index contributed by atoms with van der Waals surface area (Å²) in [4.78, 5) is 15.8. The van der Waals surface area contributed by atoms with Gasteiger partial charge < -0.3 is 9.30 Å². The molecule has 5 heterocycles. The van der Waals surface area contributed by atoms with E-state index in [0.29, 0.717) is 0 Å². The minimum Gasteiger partial charge on any atom is -0.362 e. The summed E-state index contributed by atoms with van der Waals surface area (Å²) in [7, 11) is 0. The molecule has 0 amide bonds. The second kappa shape index (κ2) is 5.89. The lowest BCUT2D eigenvalue weighted by molar-refractivity contribution is 0.873. The third kappa shape index (κ3) is 2.44. The second-order valence-corrected chi connectivity index (χ2v) is 7.19. The molecule has 0 N–H and O–H groups in total. The van der Waals surface area contributed by atoms with E-state index in [9.17, 15) is 0 Å². The largest absolute Gasteiger partial charge is 0.362 e. The molecule has 134 valence electrons. The van der Waals surface area contributed by atoms with Gasteiger partial charge in [0.15, 0.2) is 0 Å². The van der Waals surface area contributed by atoms with Gasteiger partial charge in [-0.3, -0.25) is 9.97 Å². The molecule has 0 unspecified atom stereocenters. The molecule has 1 aromatic carbocycles. The van der Waals surface area contributed by atoms with Crippen LogP contribution in [0, 0.1) is 0 Å². The predicted octanol–water partition coefficient (Wildman–Crippen LogP) is 4.46. The van der Waals surface area contributed by atoms with Crippen LogP contribution in [-0.4, -0.2) is 19.4 Å². The number of aromatic nitrogens is 4. The van der Waals surface area contributed by atoms with Crippen LogP contribution in [0.2, 0.25) is 0 Å². The number of hydrogen-bond acceptors (Lipinski definition) is 4. The molecule has 1 aliphatic heterocycles. The standard InChI is InChI=1S/C23H17N5/c1-2-16-10-17(3-5-21(16)25-8-1)22-15-28-14-20(4-6-23(28)26-22)27-12-18-7-9-24-11-19(18)13-27/h1-11,14-15H,12-13H2. The molecular formula is C23H17N5. The Morgan fingerprint density at radius 1 is 0.857 bits per heavy atom. The second-order valence-electron chi connectivity index (χ2n) is 7.19. The highest BCUT2D eigenvalue weighted by atomic mass is 15.2. The highest BCUT2D eigenvalue weighted by molar-refractivity contribution is 5.83. The zero-order valence-corrected chi connectivity index (χ0v) is 15.2. The molecule has 0 radical (unpaired) electrons. The third-order valence-electron chi connectivity index (χ3n) is 5.43. The molecule has 5 heteroatoms. The van der Waals surface area contributed by atoms with Gasteiger partial charge in [0, 0.05) is 55.0 Å². The van der Waals surface area contributed by atoms with Gasteiger partial charge in [-0.15, -0.1) is 0 Å². The fraction of sp³-hybridized carbons (Fsp3) is 0.0870. The number of fused-ring (bicyclic) bond motifs is 3. The van der Waals surface area contributed by atoms with E-state index in [1.807, 2.05) is 24.7 Å². The Bertz CT molecular complexity index is 1310. The van der Waals surface area contributed by atoms with Crippen LogP contribution >= 0.6 is 0 Å². The zero-order valence-electron chi connectivity index (χ0n) is 15.2. The quantitative estimate of drug-likeness (QED) is 0.464. The summed E-state index contributed by atoms with van der Waals surface area (Å²) >= 11 is 0. The topological polar surface area (TPSA) is 46.3 Å². The maximum Gasteiger partial charge on any atom is 0.137 e. The van der Waals surface area contributed by atoms with E-state index < -0.39 is 0 Å². The van der Waals surface area contributed by atoms with Gasteiger partial charge in [0.2, 0.25) is 0 Å². The van der Waals surface area contributed by atoms with Crippen molar-refractivity contribution in [2.45, 2.75) is 13.1 Å². The Morgan fingerprint density at radius 3 is 2.79 bits per heavy atom. The van der Waals surface area contributed by atoms with Crippen molar-refractivity contribution >= 4 is 22.2 Å². The summed E-state index contributed by atoms with van der Waals surface area (Å²) in [6.07, 6.45) is 9.92.